The number of amides is 1. The average molecular weight is 332 g/mol. The third-order valence-electron chi connectivity index (χ3n) is 2.15. The van der Waals surface area contributed by atoms with Gasteiger partial charge in [0.25, 0.3) is 0 Å². The van der Waals surface area contributed by atoms with Gasteiger partial charge in [-0.1, -0.05) is 11.6 Å². The van der Waals surface area contributed by atoms with Crippen molar-refractivity contribution in [2.75, 3.05) is 11.1 Å². The van der Waals surface area contributed by atoms with Crippen molar-refractivity contribution < 1.29 is 19.4 Å². The molecule has 0 spiro atoms. The van der Waals surface area contributed by atoms with Gasteiger partial charge in [0.1, 0.15) is 5.60 Å². The van der Waals surface area contributed by atoms with Crippen molar-refractivity contribution in [2.24, 2.45) is 0 Å². The van der Waals surface area contributed by atoms with Crippen LogP contribution in [0.3, 0.4) is 0 Å². The molecule has 5 nitrogen and oxygen atoms in total. The summed E-state index contributed by atoms with van der Waals surface area (Å²) < 4.78 is 5.14. The standard InChI is InChI=1S/C14H18ClNO4S/c1-14(2,3)20-13(19)16-9-4-5-11(10(15)8-9)21-7-6-12(17)18/h4-5,8H,6-7H2,1-3H3,(H,16,19)(H,17,18). The van der Waals surface area contributed by atoms with Crippen molar-refractivity contribution in [3.8, 4) is 0 Å². The van der Waals surface area contributed by atoms with Gasteiger partial charge in [-0.15, -0.1) is 11.8 Å². The van der Waals surface area contributed by atoms with Gasteiger partial charge in [-0.05, 0) is 39.0 Å². The van der Waals surface area contributed by atoms with Gasteiger partial charge in [-0.3, -0.25) is 10.1 Å². The van der Waals surface area contributed by atoms with Crippen molar-refractivity contribution in [2.45, 2.75) is 37.7 Å². The maximum absolute atomic E-state index is 11.6. The second kappa shape index (κ2) is 7.56. The van der Waals surface area contributed by atoms with Crippen LogP contribution in [0.25, 0.3) is 0 Å². The minimum absolute atomic E-state index is 0.0684. The van der Waals surface area contributed by atoms with Crippen LogP contribution in [0.2, 0.25) is 5.02 Å². The van der Waals surface area contributed by atoms with Crippen LogP contribution >= 0.6 is 23.4 Å². The number of carboxylic acids is 1. The molecule has 1 amide bonds. The minimum Gasteiger partial charge on any atom is -0.481 e. The summed E-state index contributed by atoms with van der Waals surface area (Å²) in [4.78, 5) is 22.9. The van der Waals surface area contributed by atoms with Crippen molar-refractivity contribution in [1.82, 2.24) is 0 Å². The molecule has 0 aliphatic carbocycles. The number of carbonyl (C=O) groups excluding carboxylic acids is 1. The number of carboxylic acid groups (broad SMARTS) is 1. The number of aliphatic carboxylic acids is 1. The van der Waals surface area contributed by atoms with Crippen molar-refractivity contribution >= 4 is 41.1 Å². The van der Waals surface area contributed by atoms with Gasteiger partial charge in [0, 0.05) is 16.3 Å². The fourth-order valence-electron chi connectivity index (χ4n) is 1.37. The first-order chi connectivity index (χ1) is 9.67. The summed E-state index contributed by atoms with van der Waals surface area (Å²) in [7, 11) is 0. The Labute approximate surface area is 133 Å². The number of carbonyl (C=O) groups is 2. The van der Waals surface area contributed by atoms with E-state index in [1.807, 2.05) is 0 Å². The van der Waals surface area contributed by atoms with Crippen molar-refractivity contribution in [3.63, 3.8) is 0 Å². The monoisotopic (exact) mass is 331 g/mol. The number of ether oxygens (including phenoxy) is 1. The van der Waals surface area contributed by atoms with E-state index in [2.05, 4.69) is 5.32 Å². The van der Waals surface area contributed by atoms with E-state index in [-0.39, 0.29) is 6.42 Å². The summed E-state index contributed by atoms with van der Waals surface area (Å²) >= 11 is 7.46. The van der Waals surface area contributed by atoms with E-state index in [1.54, 1.807) is 39.0 Å². The molecule has 0 bridgehead atoms. The molecule has 0 aliphatic rings. The Morgan fingerprint density at radius 1 is 1.38 bits per heavy atom. The van der Waals surface area contributed by atoms with Crippen LogP contribution in [-0.4, -0.2) is 28.5 Å². The summed E-state index contributed by atoms with van der Waals surface area (Å²) in [5.74, 6) is -0.407. The Morgan fingerprint density at radius 3 is 2.57 bits per heavy atom. The molecule has 0 aliphatic heterocycles. The van der Waals surface area contributed by atoms with Crippen LogP contribution < -0.4 is 5.32 Å². The number of nitrogens with one attached hydrogen (secondary N) is 1. The highest BCUT2D eigenvalue weighted by Crippen LogP contribution is 2.30. The minimum atomic E-state index is -0.846. The van der Waals surface area contributed by atoms with E-state index < -0.39 is 17.7 Å². The van der Waals surface area contributed by atoms with Crippen LogP contribution in [-0.2, 0) is 9.53 Å². The Bertz CT molecular complexity index is 528. The van der Waals surface area contributed by atoms with Gasteiger partial charge in [0.2, 0.25) is 0 Å². The maximum Gasteiger partial charge on any atom is 0.412 e. The Balaban J connectivity index is 2.61. The number of rotatable bonds is 5. The molecule has 1 aromatic rings. The zero-order valence-corrected chi connectivity index (χ0v) is 13.7. The fourth-order valence-corrected chi connectivity index (χ4v) is 2.57. The van der Waals surface area contributed by atoms with E-state index in [0.717, 1.165) is 4.90 Å². The summed E-state index contributed by atoms with van der Waals surface area (Å²) in [6, 6.07) is 5.04. The number of hydrogen-bond acceptors (Lipinski definition) is 4. The van der Waals surface area contributed by atoms with Crippen LogP contribution in [0.1, 0.15) is 27.2 Å². The Kier molecular flexibility index (Phi) is 6.36. The molecule has 2 N–H and O–H groups in total. The molecule has 0 aromatic heterocycles. The molecule has 0 saturated heterocycles. The highest BCUT2D eigenvalue weighted by molar-refractivity contribution is 7.99. The second-order valence-corrected chi connectivity index (χ2v) is 6.81. The molecule has 0 heterocycles. The molecule has 0 saturated carbocycles. The molecule has 116 valence electrons. The van der Waals surface area contributed by atoms with Crippen molar-refractivity contribution in [3.05, 3.63) is 23.2 Å². The van der Waals surface area contributed by atoms with E-state index >= 15 is 0 Å². The molecule has 0 radical (unpaired) electrons. The largest absolute Gasteiger partial charge is 0.481 e. The first-order valence-corrected chi connectivity index (χ1v) is 7.68. The third kappa shape index (κ3) is 7.24. The van der Waals surface area contributed by atoms with Gasteiger partial charge in [0.05, 0.1) is 11.4 Å². The van der Waals surface area contributed by atoms with E-state index in [0.29, 0.717) is 16.5 Å². The number of thioether (sulfide) groups is 1. The van der Waals surface area contributed by atoms with Gasteiger partial charge in [-0.25, -0.2) is 4.79 Å². The first kappa shape index (κ1) is 17.7. The first-order valence-electron chi connectivity index (χ1n) is 6.31. The average Bonchev–Trinajstić information content (AvgIpc) is 2.28. The molecule has 1 aromatic carbocycles. The summed E-state index contributed by atoms with van der Waals surface area (Å²) in [5, 5.41) is 11.6. The molecule has 0 fully saturated rings. The smallest absolute Gasteiger partial charge is 0.412 e. The Hall–Kier alpha value is -1.40. The van der Waals surface area contributed by atoms with Crippen LogP contribution in [0.4, 0.5) is 10.5 Å². The number of anilines is 1. The van der Waals surface area contributed by atoms with Gasteiger partial charge < -0.3 is 9.84 Å². The lowest BCUT2D eigenvalue weighted by molar-refractivity contribution is -0.136. The number of benzene rings is 1. The van der Waals surface area contributed by atoms with Gasteiger partial charge >= 0.3 is 12.1 Å². The van der Waals surface area contributed by atoms with Crippen LogP contribution in [0.15, 0.2) is 23.1 Å². The quantitative estimate of drug-likeness (QED) is 0.789. The zero-order chi connectivity index (χ0) is 16.0. The van der Waals surface area contributed by atoms with Gasteiger partial charge in [0.15, 0.2) is 0 Å². The molecule has 1 rings (SSSR count). The normalized spacial score (nSPS) is 11.0. The molecule has 0 unspecified atom stereocenters. The third-order valence-corrected chi connectivity index (χ3v) is 3.65. The number of hydrogen-bond donors (Lipinski definition) is 2. The number of halogens is 1. The summed E-state index contributed by atoms with van der Waals surface area (Å²) in [6.45, 7) is 5.34. The molecular formula is C14H18ClNO4S. The molecule has 0 atom stereocenters. The Morgan fingerprint density at radius 2 is 2.05 bits per heavy atom. The topological polar surface area (TPSA) is 75.6 Å². The lowest BCUT2D eigenvalue weighted by Gasteiger charge is -2.19. The summed E-state index contributed by atoms with van der Waals surface area (Å²) in [6.07, 6.45) is -0.483. The zero-order valence-electron chi connectivity index (χ0n) is 12.1. The van der Waals surface area contributed by atoms with Crippen molar-refractivity contribution in [1.29, 1.82) is 0 Å². The maximum atomic E-state index is 11.6. The second-order valence-electron chi connectivity index (χ2n) is 5.26. The summed E-state index contributed by atoms with van der Waals surface area (Å²) in [5.41, 5.74) is -0.0441. The highest BCUT2D eigenvalue weighted by Gasteiger charge is 2.16. The predicted molar refractivity (Wildman–Crippen MR) is 84.3 cm³/mol. The molecule has 21 heavy (non-hydrogen) atoms. The van der Waals surface area contributed by atoms with Crippen LogP contribution in [0, 0.1) is 0 Å². The fraction of sp³-hybridized carbons (Fsp3) is 0.429. The van der Waals surface area contributed by atoms with E-state index in [4.69, 9.17) is 21.4 Å². The molecule has 7 heteroatoms. The lowest BCUT2D eigenvalue weighted by atomic mass is 10.2. The molecular weight excluding hydrogens is 314 g/mol. The SMILES string of the molecule is CC(C)(C)OC(=O)Nc1ccc(SCCC(=O)O)c(Cl)c1. The van der Waals surface area contributed by atoms with E-state index in [1.165, 1.54) is 11.8 Å². The van der Waals surface area contributed by atoms with E-state index in [9.17, 15) is 9.59 Å². The highest BCUT2D eigenvalue weighted by atomic mass is 35.5. The predicted octanol–water partition coefficient (Wildman–Crippen LogP) is 4.25. The van der Waals surface area contributed by atoms with Gasteiger partial charge in [-0.2, -0.15) is 0 Å². The lowest BCUT2D eigenvalue weighted by Crippen LogP contribution is -2.27. The van der Waals surface area contributed by atoms with Crippen LogP contribution in [0.5, 0.6) is 0 Å².